The molecule has 3 aromatic rings. The summed E-state index contributed by atoms with van der Waals surface area (Å²) in [6.07, 6.45) is 4.97. The van der Waals surface area contributed by atoms with E-state index in [1.807, 2.05) is 13.0 Å². The molecule has 31 heavy (non-hydrogen) atoms. The average molecular weight is 436 g/mol. The molecule has 0 N–H and O–H groups in total. The number of pyridine rings is 2. The monoisotopic (exact) mass is 435 g/mol. The number of fused-ring (bicyclic) bond motifs is 2. The first-order chi connectivity index (χ1) is 15.0. The molecule has 0 radical (unpaired) electrons. The molecule has 0 aliphatic heterocycles. The van der Waals surface area contributed by atoms with Gasteiger partial charge in [-0.25, -0.2) is 4.98 Å². The Bertz CT molecular complexity index is 1360. The SMILES string of the molecule is C=C/C=C/SCC(=O)N=c1c(C#N)cc2c(=O)n3cccc(C)c3nc2n1CCOC. The van der Waals surface area contributed by atoms with Crippen LogP contribution in [0.5, 0.6) is 0 Å². The van der Waals surface area contributed by atoms with Gasteiger partial charge in [-0.05, 0) is 30.0 Å². The number of hydrogen-bond acceptors (Lipinski definition) is 6. The van der Waals surface area contributed by atoms with Crippen molar-refractivity contribution in [3.05, 3.63) is 75.5 Å². The molecule has 1 amide bonds. The first kappa shape index (κ1) is 22.2. The van der Waals surface area contributed by atoms with Gasteiger partial charge >= 0.3 is 0 Å². The number of hydrogen-bond donors (Lipinski definition) is 0. The zero-order valence-corrected chi connectivity index (χ0v) is 18.1. The molecule has 3 aromatic heterocycles. The third kappa shape index (κ3) is 4.66. The number of aromatic nitrogens is 3. The molecular weight excluding hydrogens is 414 g/mol. The van der Waals surface area contributed by atoms with Crippen LogP contribution in [0, 0.1) is 18.3 Å². The van der Waals surface area contributed by atoms with Gasteiger partial charge in [-0.3, -0.25) is 14.0 Å². The Kier molecular flexibility index (Phi) is 7.18. The van der Waals surface area contributed by atoms with Crippen molar-refractivity contribution < 1.29 is 9.53 Å². The molecule has 9 heteroatoms. The molecule has 0 unspecified atom stereocenters. The number of thioether (sulfide) groups is 1. The van der Waals surface area contributed by atoms with Crippen molar-refractivity contribution in [2.45, 2.75) is 13.5 Å². The molecule has 0 fully saturated rings. The van der Waals surface area contributed by atoms with Gasteiger partial charge in [-0.2, -0.15) is 10.3 Å². The standard InChI is InChI=1S/C22H21N5O3S/c1-4-5-11-31-14-18(28)24-20-16(13-23)12-17-21(26(20)9-10-30-3)25-19-15(2)7-6-8-27(19)22(17)29/h4-8,11-12H,1,9-10,14H2,2-3H3/b11-5+,24-20?. The van der Waals surface area contributed by atoms with E-state index < -0.39 is 5.91 Å². The van der Waals surface area contributed by atoms with Crippen LogP contribution in [0.4, 0.5) is 0 Å². The lowest BCUT2D eigenvalue weighted by molar-refractivity contribution is -0.115. The largest absolute Gasteiger partial charge is 0.383 e. The molecule has 0 saturated carbocycles. The number of nitrogens with zero attached hydrogens (tertiary/aromatic N) is 5. The van der Waals surface area contributed by atoms with Gasteiger partial charge in [-0.15, -0.1) is 11.8 Å². The summed E-state index contributed by atoms with van der Waals surface area (Å²) in [5.41, 5.74) is 1.66. The van der Waals surface area contributed by atoms with Crippen LogP contribution < -0.4 is 11.0 Å². The van der Waals surface area contributed by atoms with E-state index in [4.69, 9.17) is 4.74 Å². The Morgan fingerprint density at radius 2 is 2.26 bits per heavy atom. The van der Waals surface area contributed by atoms with Gasteiger partial charge in [-0.1, -0.05) is 24.8 Å². The lowest BCUT2D eigenvalue weighted by atomic mass is 10.2. The zero-order chi connectivity index (χ0) is 22.4. The normalized spacial score (nSPS) is 12.0. The Balaban J connectivity index is 2.32. The lowest BCUT2D eigenvalue weighted by Crippen LogP contribution is -2.31. The molecule has 3 rings (SSSR count). The number of nitriles is 1. The van der Waals surface area contributed by atoms with Crippen LogP contribution in [-0.4, -0.2) is 39.3 Å². The number of amides is 1. The Labute approximate surface area is 182 Å². The molecule has 3 heterocycles. The maximum absolute atomic E-state index is 13.1. The molecule has 0 atom stereocenters. The van der Waals surface area contributed by atoms with Crippen LogP contribution in [0.1, 0.15) is 11.1 Å². The van der Waals surface area contributed by atoms with Crippen molar-refractivity contribution in [2.24, 2.45) is 4.99 Å². The van der Waals surface area contributed by atoms with Crippen molar-refractivity contribution >= 4 is 34.3 Å². The van der Waals surface area contributed by atoms with Crippen LogP contribution >= 0.6 is 11.8 Å². The van der Waals surface area contributed by atoms with Gasteiger partial charge in [0.2, 0.25) is 0 Å². The number of carbonyl (C=O) groups is 1. The highest BCUT2D eigenvalue weighted by atomic mass is 32.2. The summed E-state index contributed by atoms with van der Waals surface area (Å²) in [4.78, 5) is 34.4. The van der Waals surface area contributed by atoms with Crippen LogP contribution in [0.3, 0.4) is 0 Å². The second kappa shape index (κ2) is 10.0. The van der Waals surface area contributed by atoms with Gasteiger partial charge < -0.3 is 9.30 Å². The van der Waals surface area contributed by atoms with E-state index in [0.29, 0.717) is 11.3 Å². The molecule has 0 spiro atoms. The van der Waals surface area contributed by atoms with Crippen molar-refractivity contribution in [1.29, 1.82) is 5.26 Å². The average Bonchev–Trinajstić information content (AvgIpc) is 2.76. The highest BCUT2D eigenvalue weighted by Gasteiger charge is 2.15. The molecular formula is C22H21N5O3S. The molecule has 0 saturated heterocycles. The van der Waals surface area contributed by atoms with Gasteiger partial charge in [0.15, 0.2) is 5.49 Å². The van der Waals surface area contributed by atoms with Gasteiger partial charge in [0.25, 0.3) is 11.5 Å². The smallest absolute Gasteiger partial charge is 0.267 e. The first-order valence-corrected chi connectivity index (χ1v) is 10.5. The second-order valence-electron chi connectivity index (χ2n) is 6.56. The number of rotatable bonds is 7. The molecule has 0 aromatic carbocycles. The van der Waals surface area contributed by atoms with E-state index in [1.54, 1.807) is 41.5 Å². The summed E-state index contributed by atoms with van der Waals surface area (Å²) < 4.78 is 8.25. The molecule has 158 valence electrons. The summed E-state index contributed by atoms with van der Waals surface area (Å²) in [5.74, 6) is -0.306. The summed E-state index contributed by atoms with van der Waals surface area (Å²) in [6.45, 7) is 6.00. The Morgan fingerprint density at radius 3 is 2.97 bits per heavy atom. The van der Waals surface area contributed by atoms with Gasteiger partial charge in [0.05, 0.1) is 23.3 Å². The van der Waals surface area contributed by atoms with Crippen LogP contribution in [0.15, 0.2) is 58.3 Å². The maximum Gasteiger partial charge on any atom is 0.267 e. The number of carbonyl (C=O) groups excluding carboxylic acids is 1. The number of methoxy groups -OCH3 is 1. The molecule has 0 aliphatic rings. The van der Waals surface area contributed by atoms with E-state index in [1.165, 1.54) is 22.2 Å². The third-order valence-electron chi connectivity index (χ3n) is 4.49. The third-order valence-corrected chi connectivity index (χ3v) is 5.26. The lowest BCUT2D eigenvalue weighted by Gasteiger charge is -2.13. The van der Waals surface area contributed by atoms with Crippen LogP contribution in [0.2, 0.25) is 0 Å². The Morgan fingerprint density at radius 1 is 1.45 bits per heavy atom. The second-order valence-corrected chi connectivity index (χ2v) is 7.45. The van der Waals surface area contributed by atoms with Gasteiger partial charge in [0, 0.05) is 19.9 Å². The van der Waals surface area contributed by atoms with Crippen molar-refractivity contribution in [3.63, 3.8) is 0 Å². The number of aryl methyl sites for hydroxylation is 1. The predicted molar refractivity (Wildman–Crippen MR) is 121 cm³/mol. The van der Waals surface area contributed by atoms with E-state index in [-0.39, 0.29) is 40.9 Å². The minimum absolute atomic E-state index is 0.102. The number of ether oxygens (including phenoxy) is 1. The van der Waals surface area contributed by atoms with Crippen LogP contribution in [0.25, 0.3) is 16.7 Å². The fourth-order valence-corrected chi connectivity index (χ4v) is 3.59. The summed E-state index contributed by atoms with van der Waals surface area (Å²) in [5, 5.41) is 11.7. The molecule has 0 aliphatic carbocycles. The maximum atomic E-state index is 13.1. The van der Waals surface area contributed by atoms with Crippen LogP contribution in [-0.2, 0) is 16.1 Å². The van der Waals surface area contributed by atoms with Gasteiger partial charge in [0.1, 0.15) is 17.4 Å². The topological polar surface area (TPSA) is 102 Å². The minimum Gasteiger partial charge on any atom is -0.383 e. The van der Waals surface area contributed by atoms with E-state index in [0.717, 1.165) is 5.56 Å². The highest BCUT2D eigenvalue weighted by Crippen LogP contribution is 2.13. The Hall–Kier alpha value is -3.48. The van der Waals surface area contributed by atoms with E-state index >= 15 is 0 Å². The van der Waals surface area contributed by atoms with Crippen molar-refractivity contribution in [3.8, 4) is 6.07 Å². The predicted octanol–water partition coefficient (Wildman–Crippen LogP) is 2.34. The van der Waals surface area contributed by atoms with Crippen molar-refractivity contribution in [2.75, 3.05) is 19.5 Å². The quantitative estimate of drug-likeness (QED) is 0.417. The fourth-order valence-electron chi connectivity index (χ4n) is 3.07. The van der Waals surface area contributed by atoms with E-state index in [9.17, 15) is 14.9 Å². The highest BCUT2D eigenvalue weighted by molar-refractivity contribution is 8.02. The molecule has 8 nitrogen and oxygen atoms in total. The van der Waals surface area contributed by atoms with Crippen molar-refractivity contribution in [1.82, 2.24) is 14.0 Å². The summed E-state index contributed by atoms with van der Waals surface area (Å²) >= 11 is 1.27. The fraction of sp³-hybridized carbons (Fsp3) is 0.227. The zero-order valence-electron chi connectivity index (χ0n) is 17.2. The summed E-state index contributed by atoms with van der Waals surface area (Å²) in [7, 11) is 1.54. The molecule has 0 bridgehead atoms. The summed E-state index contributed by atoms with van der Waals surface area (Å²) in [6, 6.07) is 7.13. The minimum atomic E-state index is -0.408. The van der Waals surface area contributed by atoms with E-state index in [2.05, 4.69) is 22.6 Å². The first-order valence-electron chi connectivity index (χ1n) is 9.43. The number of allylic oxidation sites excluding steroid dienone is 2.